The number of nitriles is 1. The third-order valence-electron chi connectivity index (χ3n) is 1.78. The van der Waals surface area contributed by atoms with Gasteiger partial charge in [-0.1, -0.05) is 24.3 Å². The lowest BCUT2D eigenvalue weighted by molar-refractivity contribution is 0.623. The van der Waals surface area contributed by atoms with Crippen molar-refractivity contribution in [1.29, 1.82) is 5.26 Å². The molecule has 0 atom stereocenters. The minimum atomic E-state index is -0.317. The van der Waals surface area contributed by atoms with E-state index in [0.29, 0.717) is 17.7 Å². The number of nitrogens with zero attached hydrogens (tertiary/aromatic N) is 1. The maximum absolute atomic E-state index is 13.3. The predicted octanol–water partition coefficient (Wildman–Crippen LogP) is 1.86. The molecule has 72 valence electrons. The van der Waals surface area contributed by atoms with E-state index in [2.05, 4.69) is 0 Å². The number of hydrogen-bond donors (Lipinski definition) is 1. The maximum atomic E-state index is 13.3. The van der Waals surface area contributed by atoms with Gasteiger partial charge in [0.2, 0.25) is 0 Å². The largest absolute Gasteiger partial charge is 0.327 e. The molecule has 0 aliphatic heterocycles. The van der Waals surface area contributed by atoms with E-state index in [-0.39, 0.29) is 12.2 Å². The standard InChI is InChI=1S/C11H11FN2/c12-11-8-9(5-7-14)3-4-10(11)2-1-6-13/h1-4,8H,5-6,13H2. The quantitative estimate of drug-likeness (QED) is 0.790. The first-order valence-corrected chi connectivity index (χ1v) is 4.30. The molecule has 0 aliphatic carbocycles. The molecule has 1 rings (SSSR count). The number of benzene rings is 1. The van der Waals surface area contributed by atoms with Crippen molar-refractivity contribution in [2.75, 3.05) is 6.54 Å². The third-order valence-corrected chi connectivity index (χ3v) is 1.78. The fraction of sp³-hybridized carbons (Fsp3) is 0.182. The van der Waals surface area contributed by atoms with Crippen molar-refractivity contribution < 1.29 is 4.39 Å². The highest BCUT2D eigenvalue weighted by atomic mass is 19.1. The maximum Gasteiger partial charge on any atom is 0.130 e. The van der Waals surface area contributed by atoms with Gasteiger partial charge in [0.1, 0.15) is 5.82 Å². The van der Waals surface area contributed by atoms with Gasteiger partial charge >= 0.3 is 0 Å². The second kappa shape index (κ2) is 5.15. The average Bonchev–Trinajstić information content (AvgIpc) is 2.17. The number of nitrogens with two attached hydrogens (primary N) is 1. The van der Waals surface area contributed by atoms with E-state index >= 15 is 0 Å². The highest BCUT2D eigenvalue weighted by molar-refractivity contribution is 5.50. The molecule has 0 radical (unpaired) electrons. The molecule has 1 aromatic carbocycles. The van der Waals surface area contributed by atoms with Crippen LogP contribution in [0.2, 0.25) is 0 Å². The second-order valence-corrected chi connectivity index (χ2v) is 2.83. The summed E-state index contributed by atoms with van der Waals surface area (Å²) in [5, 5.41) is 8.42. The van der Waals surface area contributed by atoms with E-state index in [1.54, 1.807) is 24.3 Å². The van der Waals surface area contributed by atoms with Crippen molar-refractivity contribution in [3.05, 3.63) is 41.2 Å². The predicted molar refractivity (Wildman–Crippen MR) is 53.8 cm³/mol. The molecule has 3 heteroatoms. The van der Waals surface area contributed by atoms with Gasteiger partial charge in [0.25, 0.3) is 0 Å². The molecule has 1 aromatic rings. The van der Waals surface area contributed by atoms with E-state index < -0.39 is 0 Å². The van der Waals surface area contributed by atoms with Crippen LogP contribution in [0.5, 0.6) is 0 Å². The summed E-state index contributed by atoms with van der Waals surface area (Å²) in [6.45, 7) is 0.388. The van der Waals surface area contributed by atoms with Gasteiger partial charge in [-0.15, -0.1) is 0 Å². The first-order chi connectivity index (χ1) is 6.77. The lowest BCUT2D eigenvalue weighted by atomic mass is 10.1. The molecule has 14 heavy (non-hydrogen) atoms. The number of rotatable bonds is 3. The molecular weight excluding hydrogens is 179 g/mol. The van der Waals surface area contributed by atoms with Gasteiger partial charge in [-0.05, 0) is 11.6 Å². The molecule has 0 saturated carbocycles. The van der Waals surface area contributed by atoms with E-state index in [1.165, 1.54) is 6.07 Å². The molecule has 0 bridgehead atoms. The van der Waals surface area contributed by atoms with E-state index in [9.17, 15) is 4.39 Å². The Balaban J connectivity index is 2.91. The van der Waals surface area contributed by atoms with E-state index in [1.807, 2.05) is 6.07 Å². The second-order valence-electron chi connectivity index (χ2n) is 2.83. The van der Waals surface area contributed by atoms with Crippen LogP contribution in [0.15, 0.2) is 24.3 Å². The SMILES string of the molecule is N#CCc1ccc(C=CCN)c(F)c1. The molecule has 0 fully saturated rings. The fourth-order valence-electron chi connectivity index (χ4n) is 1.10. The highest BCUT2D eigenvalue weighted by Gasteiger charge is 1.99. The summed E-state index contributed by atoms with van der Waals surface area (Å²) >= 11 is 0. The van der Waals surface area contributed by atoms with Crippen LogP contribution in [0.4, 0.5) is 4.39 Å². The van der Waals surface area contributed by atoms with Crippen LogP contribution in [-0.4, -0.2) is 6.54 Å². The van der Waals surface area contributed by atoms with Crippen molar-refractivity contribution >= 4 is 6.08 Å². The van der Waals surface area contributed by atoms with Gasteiger partial charge in [-0.3, -0.25) is 0 Å². The van der Waals surface area contributed by atoms with Gasteiger partial charge in [0.05, 0.1) is 12.5 Å². The summed E-state index contributed by atoms with van der Waals surface area (Å²) in [5.41, 5.74) is 6.44. The smallest absolute Gasteiger partial charge is 0.130 e. The van der Waals surface area contributed by atoms with Crippen LogP contribution in [0, 0.1) is 17.1 Å². The lowest BCUT2D eigenvalue weighted by Gasteiger charge is -1.99. The van der Waals surface area contributed by atoms with Crippen LogP contribution in [0.25, 0.3) is 6.08 Å². The van der Waals surface area contributed by atoms with Crippen LogP contribution >= 0.6 is 0 Å². The Hall–Kier alpha value is -1.66. The summed E-state index contributed by atoms with van der Waals surface area (Å²) in [6, 6.07) is 6.73. The van der Waals surface area contributed by atoms with Crippen molar-refractivity contribution in [3.63, 3.8) is 0 Å². The first kappa shape index (κ1) is 10.4. The van der Waals surface area contributed by atoms with Crippen LogP contribution < -0.4 is 5.73 Å². The molecular formula is C11H11FN2. The molecule has 2 N–H and O–H groups in total. The minimum Gasteiger partial charge on any atom is -0.327 e. The normalized spacial score (nSPS) is 10.4. The van der Waals surface area contributed by atoms with Crippen molar-refractivity contribution in [1.82, 2.24) is 0 Å². The topological polar surface area (TPSA) is 49.8 Å². The summed E-state index contributed by atoms with van der Waals surface area (Å²) < 4.78 is 13.3. The molecule has 2 nitrogen and oxygen atoms in total. The highest BCUT2D eigenvalue weighted by Crippen LogP contribution is 2.12. The monoisotopic (exact) mass is 190 g/mol. The number of hydrogen-bond acceptors (Lipinski definition) is 2. The van der Waals surface area contributed by atoms with Crippen molar-refractivity contribution in [2.24, 2.45) is 5.73 Å². The van der Waals surface area contributed by atoms with Gasteiger partial charge in [0.15, 0.2) is 0 Å². The summed E-state index contributed by atoms with van der Waals surface area (Å²) in [6.07, 6.45) is 3.55. The Morgan fingerprint density at radius 3 is 2.86 bits per heavy atom. The molecule has 0 spiro atoms. The molecule has 0 aliphatic rings. The van der Waals surface area contributed by atoms with E-state index in [4.69, 9.17) is 11.0 Å². The van der Waals surface area contributed by atoms with Crippen molar-refractivity contribution in [2.45, 2.75) is 6.42 Å². The molecule has 0 aromatic heterocycles. The Bertz CT molecular complexity index is 377. The summed E-state index contributed by atoms with van der Waals surface area (Å²) in [7, 11) is 0. The lowest BCUT2D eigenvalue weighted by Crippen LogP contribution is -1.93. The summed E-state index contributed by atoms with van der Waals surface area (Å²) in [4.78, 5) is 0. The van der Waals surface area contributed by atoms with Crippen LogP contribution in [-0.2, 0) is 6.42 Å². The Labute approximate surface area is 82.5 Å². The zero-order valence-electron chi connectivity index (χ0n) is 7.70. The van der Waals surface area contributed by atoms with Crippen molar-refractivity contribution in [3.8, 4) is 6.07 Å². The average molecular weight is 190 g/mol. The van der Waals surface area contributed by atoms with Gasteiger partial charge in [-0.2, -0.15) is 5.26 Å². The van der Waals surface area contributed by atoms with Crippen LogP contribution in [0.1, 0.15) is 11.1 Å². The zero-order valence-corrected chi connectivity index (χ0v) is 7.70. The Morgan fingerprint density at radius 2 is 2.29 bits per heavy atom. The van der Waals surface area contributed by atoms with Gasteiger partial charge in [0, 0.05) is 12.1 Å². The minimum absolute atomic E-state index is 0.234. The third kappa shape index (κ3) is 2.68. The van der Waals surface area contributed by atoms with Gasteiger partial charge < -0.3 is 5.73 Å². The Kier molecular flexibility index (Phi) is 3.84. The Morgan fingerprint density at radius 1 is 1.50 bits per heavy atom. The molecule has 0 amide bonds. The number of halogens is 1. The zero-order chi connectivity index (χ0) is 10.4. The fourth-order valence-corrected chi connectivity index (χ4v) is 1.10. The molecule has 0 saturated heterocycles. The summed E-state index contributed by atoms with van der Waals surface area (Å²) in [5.74, 6) is -0.317. The van der Waals surface area contributed by atoms with E-state index in [0.717, 1.165) is 0 Å². The molecule has 0 heterocycles. The van der Waals surface area contributed by atoms with Gasteiger partial charge in [-0.25, -0.2) is 4.39 Å². The van der Waals surface area contributed by atoms with Crippen LogP contribution in [0.3, 0.4) is 0 Å². The molecule has 0 unspecified atom stereocenters. The first-order valence-electron chi connectivity index (χ1n) is 4.30.